The summed E-state index contributed by atoms with van der Waals surface area (Å²) in [6.45, 7) is 1.42. The highest BCUT2D eigenvalue weighted by atomic mass is 32.2. The van der Waals surface area contributed by atoms with Gasteiger partial charge in [0, 0.05) is 29.9 Å². The normalized spacial score (nSPS) is 11.2. The van der Waals surface area contributed by atoms with E-state index in [0.29, 0.717) is 22.5 Å². The lowest BCUT2D eigenvalue weighted by Crippen LogP contribution is -2.18. The smallest absolute Gasteiger partial charge is 0.266 e. The Hall–Kier alpha value is -3.26. The predicted molar refractivity (Wildman–Crippen MR) is 102 cm³/mol. The molecule has 138 valence electrons. The SMILES string of the molecule is CC(=O)c1ccc(S(=O)(=O)Nc2cccc(-c3ccc(=O)n(C)n3)c2)cc1. The van der Waals surface area contributed by atoms with Gasteiger partial charge in [-0.3, -0.25) is 14.3 Å². The number of anilines is 1. The van der Waals surface area contributed by atoms with Gasteiger partial charge in [0.05, 0.1) is 10.6 Å². The maximum atomic E-state index is 12.6. The number of Topliss-reactive ketones (excluding diaryl/α,β-unsaturated/α-hetero) is 1. The zero-order valence-corrected chi connectivity index (χ0v) is 15.5. The maximum absolute atomic E-state index is 12.6. The van der Waals surface area contributed by atoms with Crippen molar-refractivity contribution in [2.75, 3.05) is 4.72 Å². The summed E-state index contributed by atoms with van der Waals surface area (Å²) in [5.41, 5.74) is 1.78. The van der Waals surface area contributed by atoms with Crippen LogP contribution in [0.15, 0.2) is 70.4 Å². The van der Waals surface area contributed by atoms with Crippen LogP contribution in [0.3, 0.4) is 0 Å². The molecule has 2 aromatic carbocycles. The third-order valence-corrected chi connectivity index (χ3v) is 5.34. The van der Waals surface area contributed by atoms with Gasteiger partial charge in [-0.2, -0.15) is 5.10 Å². The summed E-state index contributed by atoms with van der Waals surface area (Å²) >= 11 is 0. The fourth-order valence-corrected chi connectivity index (χ4v) is 3.53. The second-order valence-electron chi connectivity index (χ2n) is 5.95. The minimum absolute atomic E-state index is 0.0538. The van der Waals surface area contributed by atoms with E-state index >= 15 is 0 Å². The molecule has 8 heteroatoms. The number of carbonyl (C=O) groups excluding carboxylic acids is 1. The lowest BCUT2D eigenvalue weighted by atomic mass is 10.1. The Bertz CT molecular complexity index is 1170. The van der Waals surface area contributed by atoms with Crippen molar-refractivity contribution in [3.8, 4) is 11.3 Å². The summed E-state index contributed by atoms with van der Waals surface area (Å²) in [7, 11) is -2.26. The van der Waals surface area contributed by atoms with E-state index in [2.05, 4.69) is 9.82 Å². The van der Waals surface area contributed by atoms with Crippen molar-refractivity contribution in [3.63, 3.8) is 0 Å². The minimum atomic E-state index is -3.81. The molecule has 3 aromatic rings. The van der Waals surface area contributed by atoms with Crippen LogP contribution in [-0.4, -0.2) is 24.0 Å². The predicted octanol–water partition coefficient (Wildman–Crippen LogP) is 2.45. The van der Waals surface area contributed by atoms with Crippen molar-refractivity contribution in [2.45, 2.75) is 11.8 Å². The van der Waals surface area contributed by atoms with Gasteiger partial charge in [-0.25, -0.2) is 13.1 Å². The number of aryl methyl sites for hydroxylation is 1. The fourth-order valence-electron chi connectivity index (χ4n) is 2.48. The molecule has 0 spiro atoms. The quantitative estimate of drug-likeness (QED) is 0.683. The van der Waals surface area contributed by atoms with E-state index in [4.69, 9.17) is 0 Å². The van der Waals surface area contributed by atoms with E-state index in [-0.39, 0.29) is 16.2 Å². The molecule has 0 aliphatic rings. The van der Waals surface area contributed by atoms with Gasteiger partial charge in [-0.1, -0.05) is 24.3 Å². The number of carbonyl (C=O) groups is 1. The molecule has 0 unspecified atom stereocenters. The van der Waals surface area contributed by atoms with E-state index in [1.165, 1.54) is 41.9 Å². The number of nitrogens with one attached hydrogen (secondary N) is 1. The van der Waals surface area contributed by atoms with E-state index in [9.17, 15) is 18.0 Å². The summed E-state index contributed by atoms with van der Waals surface area (Å²) in [6, 6.07) is 15.4. The average Bonchev–Trinajstić information content (AvgIpc) is 2.64. The molecule has 3 rings (SSSR count). The van der Waals surface area contributed by atoms with Crippen molar-refractivity contribution in [1.29, 1.82) is 0 Å². The lowest BCUT2D eigenvalue weighted by molar-refractivity contribution is 0.101. The number of rotatable bonds is 5. The van der Waals surface area contributed by atoms with Crippen molar-refractivity contribution in [1.82, 2.24) is 9.78 Å². The van der Waals surface area contributed by atoms with Crippen LogP contribution in [0.25, 0.3) is 11.3 Å². The standard InChI is InChI=1S/C19H17N3O4S/c1-13(23)14-6-8-17(9-7-14)27(25,26)21-16-5-3-4-15(12-16)18-10-11-19(24)22(2)20-18/h3-12,21H,1-2H3. The molecule has 0 radical (unpaired) electrons. The minimum Gasteiger partial charge on any atom is -0.295 e. The fraction of sp³-hybridized carbons (Fsp3) is 0.105. The number of hydrogen-bond donors (Lipinski definition) is 1. The van der Waals surface area contributed by atoms with Gasteiger partial charge in [0.15, 0.2) is 5.78 Å². The van der Waals surface area contributed by atoms with E-state index in [1.54, 1.807) is 37.4 Å². The molecule has 7 nitrogen and oxygen atoms in total. The molecule has 27 heavy (non-hydrogen) atoms. The lowest BCUT2D eigenvalue weighted by Gasteiger charge is -2.10. The summed E-state index contributed by atoms with van der Waals surface area (Å²) in [5, 5.41) is 4.16. The first-order chi connectivity index (χ1) is 12.8. The molecule has 0 atom stereocenters. The Labute approximate surface area is 156 Å². The molecule has 0 fully saturated rings. The molecule has 0 aliphatic carbocycles. The van der Waals surface area contributed by atoms with Crippen molar-refractivity contribution >= 4 is 21.5 Å². The van der Waals surface area contributed by atoms with Crippen LogP contribution in [-0.2, 0) is 17.1 Å². The van der Waals surface area contributed by atoms with Crippen LogP contribution in [0, 0.1) is 0 Å². The van der Waals surface area contributed by atoms with E-state index in [1.807, 2.05) is 0 Å². The highest BCUT2D eigenvalue weighted by Gasteiger charge is 2.15. The van der Waals surface area contributed by atoms with Crippen molar-refractivity contribution in [2.24, 2.45) is 7.05 Å². The third kappa shape index (κ3) is 4.12. The molecule has 0 aliphatic heterocycles. The Morgan fingerprint density at radius 2 is 1.74 bits per heavy atom. The van der Waals surface area contributed by atoms with Gasteiger partial charge in [0.2, 0.25) is 0 Å². The topological polar surface area (TPSA) is 98.1 Å². The van der Waals surface area contributed by atoms with E-state index < -0.39 is 10.0 Å². The molecular weight excluding hydrogens is 366 g/mol. The average molecular weight is 383 g/mol. The molecule has 1 aromatic heterocycles. The third-order valence-electron chi connectivity index (χ3n) is 3.94. The summed E-state index contributed by atoms with van der Waals surface area (Å²) in [4.78, 5) is 22.8. The molecular formula is C19H17N3O4S. The van der Waals surface area contributed by atoms with E-state index in [0.717, 1.165) is 0 Å². The Kier molecular flexibility index (Phi) is 4.91. The Morgan fingerprint density at radius 1 is 1.04 bits per heavy atom. The number of sulfonamides is 1. The molecule has 0 amide bonds. The van der Waals surface area contributed by atoms with Crippen LogP contribution < -0.4 is 10.3 Å². The second kappa shape index (κ2) is 7.16. The first kappa shape index (κ1) is 18.5. The van der Waals surface area contributed by atoms with Crippen LogP contribution >= 0.6 is 0 Å². The molecule has 1 N–H and O–H groups in total. The Morgan fingerprint density at radius 3 is 2.37 bits per heavy atom. The zero-order chi connectivity index (χ0) is 19.6. The molecule has 0 bridgehead atoms. The van der Waals surface area contributed by atoms with Crippen LogP contribution in [0.5, 0.6) is 0 Å². The van der Waals surface area contributed by atoms with Gasteiger partial charge < -0.3 is 0 Å². The largest absolute Gasteiger partial charge is 0.295 e. The zero-order valence-electron chi connectivity index (χ0n) is 14.7. The number of ketones is 1. The number of aromatic nitrogens is 2. The molecule has 0 saturated heterocycles. The summed E-state index contributed by atoms with van der Waals surface area (Å²) in [6.07, 6.45) is 0. The Balaban J connectivity index is 1.89. The van der Waals surface area contributed by atoms with Gasteiger partial charge >= 0.3 is 0 Å². The van der Waals surface area contributed by atoms with Crippen LogP contribution in [0.1, 0.15) is 17.3 Å². The highest BCUT2D eigenvalue weighted by Crippen LogP contribution is 2.22. The molecule has 0 saturated carbocycles. The van der Waals surface area contributed by atoms with Crippen molar-refractivity contribution in [3.05, 3.63) is 76.6 Å². The van der Waals surface area contributed by atoms with Crippen molar-refractivity contribution < 1.29 is 13.2 Å². The number of hydrogen-bond acceptors (Lipinski definition) is 5. The first-order valence-electron chi connectivity index (χ1n) is 8.05. The van der Waals surface area contributed by atoms with Gasteiger partial charge in [0.1, 0.15) is 0 Å². The summed E-state index contributed by atoms with van der Waals surface area (Å²) < 4.78 is 28.9. The molecule has 1 heterocycles. The highest BCUT2D eigenvalue weighted by molar-refractivity contribution is 7.92. The number of benzene rings is 2. The van der Waals surface area contributed by atoms with Gasteiger partial charge in [0.25, 0.3) is 15.6 Å². The van der Waals surface area contributed by atoms with Crippen LogP contribution in [0.4, 0.5) is 5.69 Å². The first-order valence-corrected chi connectivity index (χ1v) is 9.53. The van der Waals surface area contributed by atoms with Gasteiger partial charge in [-0.05, 0) is 37.3 Å². The summed E-state index contributed by atoms with van der Waals surface area (Å²) in [5.74, 6) is -0.135. The second-order valence-corrected chi connectivity index (χ2v) is 7.63. The monoisotopic (exact) mass is 383 g/mol. The van der Waals surface area contributed by atoms with Gasteiger partial charge in [-0.15, -0.1) is 0 Å². The number of nitrogens with zero attached hydrogens (tertiary/aromatic N) is 2. The van der Waals surface area contributed by atoms with Crippen LogP contribution in [0.2, 0.25) is 0 Å². The maximum Gasteiger partial charge on any atom is 0.266 e.